The number of carbonyl (C=O) groups excluding carboxylic acids is 1. The largest absolute Gasteiger partial charge is 0.343 e. The van der Waals surface area contributed by atoms with Crippen LogP contribution in [0.5, 0.6) is 0 Å². The summed E-state index contributed by atoms with van der Waals surface area (Å²) in [7, 11) is 0. The van der Waals surface area contributed by atoms with Gasteiger partial charge in [0.05, 0.1) is 0 Å². The molecule has 0 aliphatic carbocycles. The maximum atomic E-state index is 11.2. The molecular formula is C8H13NO. The fraction of sp³-hybridized carbons (Fsp3) is 0.875. The Bertz CT molecular complexity index is 151. The standard InChI is InChI=1S/C8H13NO/c10-8-6-7-2-1-4-9(8)5-3-7/h7H,1-6H2. The summed E-state index contributed by atoms with van der Waals surface area (Å²) >= 11 is 0. The van der Waals surface area contributed by atoms with Gasteiger partial charge >= 0.3 is 0 Å². The number of rotatable bonds is 0. The molecule has 1 unspecified atom stereocenters. The van der Waals surface area contributed by atoms with Crippen molar-refractivity contribution in [3.63, 3.8) is 0 Å². The molecule has 0 aromatic carbocycles. The Kier molecular flexibility index (Phi) is 1.40. The molecule has 2 heteroatoms. The quantitative estimate of drug-likeness (QED) is 0.490. The van der Waals surface area contributed by atoms with Gasteiger partial charge in [0.1, 0.15) is 0 Å². The predicted octanol–water partition coefficient (Wildman–Crippen LogP) is 1.02. The van der Waals surface area contributed by atoms with Crippen LogP contribution in [0.1, 0.15) is 25.7 Å². The molecule has 3 rings (SSSR count). The first-order chi connectivity index (χ1) is 4.86. The van der Waals surface area contributed by atoms with E-state index in [1.165, 1.54) is 19.3 Å². The normalized spacial score (nSPS) is 32.6. The molecule has 0 N–H and O–H groups in total. The van der Waals surface area contributed by atoms with E-state index in [0.29, 0.717) is 5.91 Å². The van der Waals surface area contributed by atoms with E-state index in [4.69, 9.17) is 0 Å². The van der Waals surface area contributed by atoms with Gasteiger partial charge in [-0.25, -0.2) is 0 Å². The minimum absolute atomic E-state index is 0.397. The Balaban J connectivity index is 2.15. The van der Waals surface area contributed by atoms with Gasteiger partial charge in [0.25, 0.3) is 0 Å². The Morgan fingerprint density at radius 3 is 3.00 bits per heavy atom. The summed E-state index contributed by atoms with van der Waals surface area (Å²) in [5, 5.41) is 0. The molecule has 10 heavy (non-hydrogen) atoms. The Labute approximate surface area is 61.2 Å². The van der Waals surface area contributed by atoms with Gasteiger partial charge in [-0.3, -0.25) is 4.79 Å². The van der Waals surface area contributed by atoms with Crippen molar-refractivity contribution in [1.29, 1.82) is 0 Å². The Morgan fingerprint density at radius 1 is 1.30 bits per heavy atom. The first-order valence-electron chi connectivity index (χ1n) is 4.14. The average Bonchev–Trinajstić information content (AvgIpc) is 2.20. The highest BCUT2D eigenvalue weighted by atomic mass is 16.2. The smallest absolute Gasteiger partial charge is 0.222 e. The summed E-state index contributed by atoms with van der Waals surface area (Å²) in [5.41, 5.74) is 0. The number of nitrogens with zero attached hydrogens (tertiary/aromatic N) is 1. The monoisotopic (exact) mass is 139 g/mol. The van der Waals surface area contributed by atoms with E-state index in [9.17, 15) is 4.79 Å². The summed E-state index contributed by atoms with van der Waals surface area (Å²) < 4.78 is 0. The van der Waals surface area contributed by atoms with Gasteiger partial charge < -0.3 is 4.90 Å². The molecule has 0 radical (unpaired) electrons. The van der Waals surface area contributed by atoms with Gasteiger partial charge in [-0.2, -0.15) is 0 Å². The molecule has 0 spiro atoms. The lowest BCUT2D eigenvalue weighted by Gasteiger charge is -2.26. The zero-order chi connectivity index (χ0) is 6.97. The lowest BCUT2D eigenvalue weighted by atomic mass is 9.95. The van der Waals surface area contributed by atoms with E-state index in [1.807, 2.05) is 4.90 Å². The van der Waals surface area contributed by atoms with Gasteiger partial charge in [-0.1, -0.05) is 0 Å². The van der Waals surface area contributed by atoms with Gasteiger partial charge in [-0.05, 0) is 25.2 Å². The molecule has 0 aromatic rings. The lowest BCUT2D eigenvalue weighted by Crippen LogP contribution is -2.35. The van der Waals surface area contributed by atoms with Crippen LogP contribution in [-0.2, 0) is 4.79 Å². The van der Waals surface area contributed by atoms with Crippen LogP contribution < -0.4 is 0 Å². The van der Waals surface area contributed by atoms with E-state index in [-0.39, 0.29) is 0 Å². The summed E-state index contributed by atoms with van der Waals surface area (Å²) in [5.74, 6) is 1.13. The first-order valence-corrected chi connectivity index (χ1v) is 4.14. The lowest BCUT2D eigenvalue weighted by molar-refractivity contribution is -0.133. The van der Waals surface area contributed by atoms with Crippen molar-refractivity contribution in [2.75, 3.05) is 13.1 Å². The highest BCUT2D eigenvalue weighted by Gasteiger charge is 2.28. The van der Waals surface area contributed by atoms with Crippen molar-refractivity contribution in [2.45, 2.75) is 25.7 Å². The average molecular weight is 139 g/mol. The maximum Gasteiger partial charge on any atom is 0.222 e. The Morgan fingerprint density at radius 2 is 2.20 bits per heavy atom. The molecule has 3 saturated heterocycles. The van der Waals surface area contributed by atoms with Crippen molar-refractivity contribution in [2.24, 2.45) is 5.92 Å². The van der Waals surface area contributed by atoms with E-state index < -0.39 is 0 Å². The maximum absolute atomic E-state index is 11.2. The number of carbonyl (C=O) groups is 1. The van der Waals surface area contributed by atoms with Crippen molar-refractivity contribution < 1.29 is 4.79 Å². The van der Waals surface area contributed by atoms with Crippen molar-refractivity contribution in [3.8, 4) is 0 Å². The molecule has 2 bridgehead atoms. The summed E-state index contributed by atoms with van der Waals surface area (Å²) in [4.78, 5) is 13.2. The van der Waals surface area contributed by atoms with E-state index in [0.717, 1.165) is 25.4 Å². The van der Waals surface area contributed by atoms with Crippen LogP contribution in [0.3, 0.4) is 0 Å². The van der Waals surface area contributed by atoms with Crippen molar-refractivity contribution in [1.82, 2.24) is 4.90 Å². The molecule has 1 atom stereocenters. The van der Waals surface area contributed by atoms with Gasteiger partial charge in [0.2, 0.25) is 5.91 Å². The second kappa shape index (κ2) is 2.26. The minimum Gasteiger partial charge on any atom is -0.343 e. The predicted molar refractivity (Wildman–Crippen MR) is 38.5 cm³/mol. The van der Waals surface area contributed by atoms with Crippen molar-refractivity contribution in [3.05, 3.63) is 0 Å². The van der Waals surface area contributed by atoms with Crippen LogP contribution in [0, 0.1) is 5.92 Å². The summed E-state index contributed by atoms with van der Waals surface area (Å²) in [6, 6.07) is 0. The third-order valence-corrected chi connectivity index (χ3v) is 2.66. The number of piperidine rings is 1. The zero-order valence-corrected chi connectivity index (χ0v) is 6.18. The van der Waals surface area contributed by atoms with E-state index in [2.05, 4.69) is 0 Å². The van der Waals surface area contributed by atoms with Crippen LogP contribution in [0.15, 0.2) is 0 Å². The minimum atomic E-state index is 0.397. The molecular weight excluding hydrogens is 126 g/mol. The molecule has 3 aliphatic rings. The molecule has 0 aromatic heterocycles. The first kappa shape index (κ1) is 6.20. The van der Waals surface area contributed by atoms with Crippen LogP contribution in [-0.4, -0.2) is 23.9 Å². The second-order valence-electron chi connectivity index (χ2n) is 3.38. The topological polar surface area (TPSA) is 20.3 Å². The molecule has 3 aliphatic heterocycles. The summed E-state index contributed by atoms with van der Waals surface area (Å²) in [6.07, 6.45) is 4.60. The molecule has 3 heterocycles. The highest BCUT2D eigenvalue weighted by molar-refractivity contribution is 5.77. The van der Waals surface area contributed by atoms with Crippen LogP contribution in [0.25, 0.3) is 0 Å². The van der Waals surface area contributed by atoms with Gasteiger partial charge in [-0.15, -0.1) is 0 Å². The molecule has 56 valence electrons. The number of fused-ring (bicyclic) bond motifs is 4. The highest BCUT2D eigenvalue weighted by Crippen LogP contribution is 2.26. The second-order valence-corrected chi connectivity index (χ2v) is 3.38. The van der Waals surface area contributed by atoms with Crippen molar-refractivity contribution >= 4 is 5.91 Å². The van der Waals surface area contributed by atoms with Crippen LogP contribution >= 0.6 is 0 Å². The fourth-order valence-corrected chi connectivity index (χ4v) is 1.99. The molecule has 2 nitrogen and oxygen atoms in total. The molecule has 0 saturated carbocycles. The number of hydrogen-bond donors (Lipinski definition) is 0. The van der Waals surface area contributed by atoms with Crippen LogP contribution in [0.4, 0.5) is 0 Å². The van der Waals surface area contributed by atoms with E-state index in [1.54, 1.807) is 0 Å². The zero-order valence-electron chi connectivity index (χ0n) is 6.18. The molecule has 1 amide bonds. The third kappa shape index (κ3) is 0.917. The molecule has 3 fully saturated rings. The van der Waals surface area contributed by atoms with Gasteiger partial charge in [0.15, 0.2) is 0 Å². The number of amides is 1. The SMILES string of the molecule is O=C1CC2CCCN1CC2. The summed E-state index contributed by atoms with van der Waals surface area (Å²) in [6.45, 7) is 2.05. The van der Waals surface area contributed by atoms with Gasteiger partial charge in [0, 0.05) is 19.5 Å². The fourth-order valence-electron chi connectivity index (χ4n) is 1.99. The van der Waals surface area contributed by atoms with Crippen LogP contribution in [0.2, 0.25) is 0 Å². The number of hydrogen-bond acceptors (Lipinski definition) is 1. The van der Waals surface area contributed by atoms with E-state index >= 15 is 0 Å². The Hall–Kier alpha value is -0.530. The third-order valence-electron chi connectivity index (χ3n) is 2.66.